The minimum absolute atomic E-state index is 0.106. The molecule has 0 radical (unpaired) electrons. The third kappa shape index (κ3) is 4.57. The van der Waals surface area contributed by atoms with Crippen LogP contribution in [0.4, 0.5) is 8.78 Å². The predicted octanol–water partition coefficient (Wildman–Crippen LogP) is 4.53. The first-order valence-corrected chi connectivity index (χ1v) is 11.9. The van der Waals surface area contributed by atoms with Crippen molar-refractivity contribution in [1.82, 2.24) is 0 Å². The molecular weight excluding hydrogens is 518 g/mol. The summed E-state index contributed by atoms with van der Waals surface area (Å²) in [7, 11) is 5.71. The maximum atomic E-state index is 15.4. The van der Waals surface area contributed by atoms with Crippen LogP contribution in [0.2, 0.25) is 0 Å². The lowest BCUT2D eigenvalue weighted by Crippen LogP contribution is -2.33. The number of carbonyl (C=O) groups is 1. The Labute approximate surface area is 223 Å². The molecule has 0 saturated heterocycles. The van der Waals surface area contributed by atoms with Crippen LogP contribution < -0.4 is 14.2 Å². The van der Waals surface area contributed by atoms with Crippen LogP contribution >= 0.6 is 0 Å². The van der Waals surface area contributed by atoms with Crippen LogP contribution in [0, 0.1) is 11.6 Å². The van der Waals surface area contributed by atoms with Gasteiger partial charge in [0.05, 0.1) is 16.7 Å². The molecule has 3 aromatic rings. The molecule has 0 bridgehead atoms. The van der Waals surface area contributed by atoms with Gasteiger partial charge in [0.2, 0.25) is 0 Å². The van der Waals surface area contributed by atoms with E-state index in [9.17, 15) is 4.79 Å². The van der Waals surface area contributed by atoms with Gasteiger partial charge in [-0.2, -0.15) is 0 Å². The predicted molar refractivity (Wildman–Crippen MR) is 131 cm³/mol. The summed E-state index contributed by atoms with van der Waals surface area (Å²) in [6.07, 6.45) is -1.47. The summed E-state index contributed by atoms with van der Waals surface area (Å²) in [6, 6.07) is 11.6. The third-order valence-corrected chi connectivity index (χ3v) is 6.62. The van der Waals surface area contributed by atoms with Crippen molar-refractivity contribution >= 4 is 5.97 Å². The number of esters is 1. The summed E-state index contributed by atoms with van der Waals surface area (Å²) in [6.45, 7) is -0.211. The zero-order valence-corrected chi connectivity index (χ0v) is 21.6. The van der Waals surface area contributed by atoms with Crippen molar-refractivity contribution in [2.24, 2.45) is 0 Å². The molecule has 206 valence electrons. The SMILES string of the molecule is COC(COc1cc2c(cc1F)C1(OC(=O)c3ccccc31)c1cc(F)c(OCC(OC)OC)cc1O2)OC. The maximum Gasteiger partial charge on any atom is 0.340 e. The second-order valence-electron chi connectivity index (χ2n) is 8.70. The molecule has 0 unspecified atom stereocenters. The van der Waals surface area contributed by atoms with E-state index < -0.39 is 35.8 Å². The lowest BCUT2D eigenvalue weighted by molar-refractivity contribution is -0.122. The summed E-state index contributed by atoms with van der Waals surface area (Å²) >= 11 is 0. The Morgan fingerprint density at radius 2 is 1.23 bits per heavy atom. The molecule has 11 heteroatoms. The van der Waals surface area contributed by atoms with Crippen molar-refractivity contribution in [3.8, 4) is 23.0 Å². The summed E-state index contributed by atoms with van der Waals surface area (Å²) in [5, 5.41) is 0. The Bertz CT molecular complexity index is 1310. The zero-order chi connectivity index (χ0) is 27.7. The van der Waals surface area contributed by atoms with E-state index in [-0.39, 0.29) is 52.9 Å². The van der Waals surface area contributed by atoms with E-state index in [0.717, 1.165) is 12.1 Å². The van der Waals surface area contributed by atoms with Gasteiger partial charge in [-0.25, -0.2) is 13.6 Å². The van der Waals surface area contributed by atoms with Crippen molar-refractivity contribution in [3.63, 3.8) is 0 Å². The summed E-state index contributed by atoms with van der Waals surface area (Å²) in [5.74, 6) is -2.17. The Hall–Kier alpha value is -3.77. The van der Waals surface area contributed by atoms with Crippen LogP contribution in [-0.4, -0.2) is 60.2 Å². The normalized spacial score (nSPS) is 14.6. The van der Waals surface area contributed by atoms with Crippen molar-refractivity contribution in [3.05, 3.63) is 82.4 Å². The van der Waals surface area contributed by atoms with Crippen molar-refractivity contribution in [1.29, 1.82) is 0 Å². The Kier molecular flexibility index (Phi) is 7.41. The number of hydrogen-bond acceptors (Lipinski definition) is 9. The molecule has 0 fully saturated rings. The molecule has 1 spiro atoms. The molecule has 5 rings (SSSR count). The molecule has 0 saturated carbocycles. The monoisotopic (exact) mass is 544 g/mol. The van der Waals surface area contributed by atoms with E-state index >= 15 is 8.78 Å². The van der Waals surface area contributed by atoms with Crippen molar-refractivity contribution in [2.75, 3.05) is 41.7 Å². The number of carbonyl (C=O) groups excluding carboxylic acids is 1. The van der Waals surface area contributed by atoms with Crippen molar-refractivity contribution < 1.29 is 51.5 Å². The second-order valence-corrected chi connectivity index (χ2v) is 8.70. The van der Waals surface area contributed by atoms with E-state index in [1.807, 2.05) is 0 Å². The highest BCUT2D eigenvalue weighted by Crippen LogP contribution is 2.57. The van der Waals surface area contributed by atoms with Crippen LogP contribution in [0.5, 0.6) is 23.0 Å². The molecule has 0 atom stereocenters. The largest absolute Gasteiger partial charge is 0.485 e. The minimum Gasteiger partial charge on any atom is -0.485 e. The molecule has 0 aliphatic carbocycles. The van der Waals surface area contributed by atoms with E-state index in [2.05, 4.69) is 0 Å². The second kappa shape index (κ2) is 10.8. The first kappa shape index (κ1) is 26.8. The number of ether oxygens (including phenoxy) is 8. The third-order valence-electron chi connectivity index (χ3n) is 6.62. The first-order chi connectivity index (χ1) is 18.9. The van der Waals surface area contributed by atoms with E-state index in [0.29, 0.717) is 5.56 Å². The Morgan fingerprint density at radius 1 is 0.744 bits per heavy atom. The van der Waals surface area contributed by atoms with Gasteiger partial charge in [-0.3, -0.25) is 0 Å². The van der Waals surface area contributed by atoms with E-state index in [1.165, 1.54) is 40.6 Å². The molecule has 2 aliphatic heterocycles. The Morgan fingerprint density at radius 3 is 1.72 bits per heavy atom. The topological polar surface area (TPSA) is 90.9 Å². The Balaban J connectivity index is 1.64. The van der Waals surface area contributed by atoms with Crippen LogP contribution in [-0.2, 0) is 29.3 Å². The van der Waals surface area contributed by atoms with Gasteiger partial charge in [-0.1, -0.05) is 18.2 Å². The molecule has 0 amide bonds. The number of halogens is 2. The molecule has 0 aromatic heterocycles. The number of rotatable bonds is 10. The molecule has 9 nitrogen and oxygen atoms in total. The fourth-order valence-electron chi connectivity index (χ4n) is 4.67. The molecule has 3 aromatic carbocycles. The zero-order valence-electron chi connectivity index (χ0n) is 21.6. The van der Waals surface area contributed by atoms with E-state index in [4.69, 9.17) is 37.9 Å². The average Bonchev–Trinajstić information content (AvgIpc) is 3.24. The van der Waals surface area contributed by atoms with Gasteiger partial charge in [0, 0.05) is 46.1 Å². The summed E-state index contributed by atoms with van der Waals surface area (Å²) < 4.78 is 74.4. The van der Waals surface area contributed by atoms with E-state index in [1.54, 1.807) is 24.3 Å². The summed E-state index contributed by atoms with van der Waals surface area (Å²) in [4.78, 5) is 13.0. The van der Waals surface area contributed by atoms with Gasteiger partial charge in [0.15, 0.2) is 41.3 Å². The standard InChI is InChI=1S/C28H26F2O9/c1-32-25(33-2)13-36-23-11-21-17(9-19(23)29)28(16-8-6-5-7-15(16)27(31)39-28)18-10-20(30)24(12-22(18)38-21)37-14-26(34-3)35-4/h5-12,25-26H,13-14H2,1-4H3. The first-order valence-electron chi connectivity index (χ1n) is 11.9. The highest BCUT2D eigenvalue weighted by atomic mass is 19.1. The van der Waals surface area contributed by atoms with Gasteiger partial charge in [-0.15, -0.1) is 0 Å². The minimum atomic E-state index is -1.68. The van der Waals surface area contributed by atoms with Gasteiger partial charge in [0.25, 0.3) is 0 Å². The fraction of sp³-hybridized carbons (Fsp3) is 0.321. The smallest absolute Gasteiger partial charge is 0.340 e. The lowest BCUT2D eigenvalue weighted by Gasteiger charge is -2.37. The maximum absolute atomic E-state index is 15.4. The average molecular weight is 545 g/mol. The quantitative estimate of drug-likeness (QED) is 0.270. The van der Waals surface area contributed by atoms with Crippen LogP contribution in [0.1, 0.15) is 27.0 Å². The number of fused-ring (bicyclic) bond motifs is 6. The molecular formula is C28H26F2O9. The van der Waals surface area contributed by atoms with Gasteiger partial charge < -0.3 is 37.9 Å². The van der Waals surface area contributed by atoms with Crippen LogP contribution in [0.15, 0.2) is 48.5 Å². The molecule has 2 heterocycles. The number of methoxy groups -OCH3 is 4. The highest BCUT2D eigenvalue weighted by Gasteiger charge is 2.54. The lowest BCUT2D eigenvalue weighted by atomic mass is 9.77. The van der Waals surface area contributed by atoms with Crippen molar-refractivity contribution in [2.45, 2.75) is 18.2 Å². The van der Waals surface area contributed by atoms with Crippen LogP contribution in [0.25, 0.3) is 0 Å². The molecule has 2 aliphatic rings. The molecule has 39 heavy (non-hydrogen) atoms. The van der Waals surface area contributed by atoms with Gasteiger partial charge in [0.1, 0.15) is 24.7 Å². The van der Waals surface area contributed by atoms with Gasteiger partial charge >= 0.3 is 5.97 Å². The number of benzene rings is 3. The van der Waals surface area contributed by atoms with Gasteiger partial charge in [-0.05, 0) is 18.2 Å². The fourth-order valence-corrected chi connectivity index (χ4v) is 4.67. The van der Waals surface area contributed by atoms with Crippen LogP contribution in [0.3, 0.4) is 0 Å². The summed E-state index contributed by atoms with van der Waals surface area (Å²) in [5.41, 5.74) is -0.665. The molecule has 0 N–H and O–H groups in total. The highest BCUT2D eigenvalue weighted by molar-refractivity contribution is 5.97. The number of hydrogen-bond donors (Lipinski definition) is 0.